The lowest BCUT2D eigenvalue weighted by Gasteiger charge is -2.25. The number of carbonyl (C=O) groups excluding carboxylic acids is 1. The van der Waals surface area contributed by atoms with Crippen molar-refractivity contribution in [3.8, 4) is 0 Å². The first-order valence-electron chi connectivity index (χ1n) is 6.59. The molecule has 0 aliphatic carbocycles. The van der Waals surface area contributed by atoms with Crippen LogP contribution in [0.4, 0.5) is 0 Å². The highest BCUT2D eigenvalue weighted by Gasteiger charge is 2.21. The van der Waals surface area contributed by atoms with E-state index in [0.29, 0.717) is 13.0 Å². The van der Waals surface area contributed by atoms with Gasteiger partial charge < -0.3 is 4.90 Å². The fourth-order valence-electron chi connectivity index (χ4n) is 1.90. The van der Waals surface area contributed by atoms with Crippen molar-refractivity contribution in [3.05, 3.63) is 22.8 Å². The fraction of sp³-hybridized carbons (Fsp3) is 0.769. The van der Waals surface area contributed by atoms with Crippen molar-refractivity contribution < 1.29 is 9.72 Å². The molecule has 1 unspecified atom stereocenters. The molecule has 104 valence electrons. The summed E-state index contributed by atoms with van der Waals surface area (Å²) in [5, 5.41) is 10.6. The molecule has 0 radical (unpaired) electrons. The van der Waals surface area contributed by atoms with Crippen LogP contribution in [0.5, 0.6) is 0 Å². The molecule has 0 spiro atoms. The Balaban J connectivity index is 4.30. The Hall–Kier alpha value is -1.39. The van der Waals surface area contributed by atoms with Gasteiger partial charge in [0.25, 0.3) is 0 Å². The molecule has 0 N–H and O–H groups in total. The fourth-order valence-corrected chi connectivity index (χ4v) is 1.90. The lowest BCUT2D eigenvalue weighted by atomic mass is 10.1. The zero-order valence-electron chi connectivity index (χ0n) is 11.2. The van der Waals surface area contributed by atoms with Crippen LogP contribution in [0, 0.1) is 10.1 Å². The minimum absolute atomic E-state index is 0.156. The zero-order valence-corrected chi connectivity index (χ0v) is 11.2. The number of hydrogen-bond donors (Lipinski definition) is 0. The van der Waals surface area contributed by atoms with Crippen LogP contribution in [-0.4, -0.2) is 35.4 Å². The maximum absolute atomic E-state index is 11.0. The number of unbranched alkanes of at least 4 members (excludes halogenated alkanes) is 3. The summed E-state index contributed by atoms with van der Waals surface area (Å²) in [7, 11) is 0. The van der Waals surface area contributed by atoms with E-state index in [4.69, 9.17) is 0 Å². The highest BCUT2D eigenvalue weighted by atomic mass is 16.6. The molecule has 5 heteroatoms. The second-order valence-corrected chi connectivity index (χ2v) is 4.44. The SMILES string of the molecule is C=CCCCN(C=O)C(CCCCC)C[N+](=O)[O-]. The number of nitrogens with zero attached hydrogens (tertiary/aromatic N) is 2. The van der Waals surface area contributed by atoms with E-state index < -0.39 is 0 Å². The first kappa shape index (κ1) is 16.6. The van der Waals surface area contributed by atoms with Gasteiger partial charge in [-0.15, -0.1) is 6.58 Å². The largest absolute Gasteiger partial charge is 0.336 e. The van der Waals surface area contributed by atoms with Gasteiger partial charge in [-0.3, -0.25) is 14.9 Å². The van der Waals surface area contributed by atoms with Crippen LogP contribution >= 0.6 is 0 Å². The average molecular weight is 256 g/mol. The Morgan fingerprint density at radius 1 is 1.39 bits per heavy atom. The van der Waals surface area contributed by atoms with Crippen LogP contribution in [0.1, 0.15) is 45.4 Å². The molecular formula is C13H24N2O3. The number of rotatable bonds is 12. The molecule has 0 aromatic rings. The molecule has 1 amide bonds. The summed E-state index contributed by atoms with van der Waals surface area (Å²) in [4.78, 5) is 22.9. The van der Waals surface area contributed by atoms with E-state index in [1.54, 1.807) is 11.0 Å². The minimum Gasteiger partial charge on any atom is -0.336 e. The predicted molar refractivity (Wildman–Crippen MR) is 72.0 cm³/mol. The molecule has 1 atom stereocenters. The average Bonchev–Trinajstić information content (AvgIpc) is 2.33. The Kier molecular flexibility index (Phi) is 9.91. The molecule has 0 bridgehead atoms. The maximum Gasteiger partial charge on any atom is 0.223 e. The summed E-state index contributed by atoms with van der Waals surface area (Å²) in [6.45, 7) is 6.12. The molecule has 0 saturated carbocycles. The molecular weight excluding hydrogens is 232 g/mol. The van der Waals surface area contributed by atoms with Gasteiger partial charge in [-0.2, -0.15) is 0 Å². The van der Waals surface area contributed by atoms with E-state index in [-0.39, 0.29) is 17.5 Å². The van der Waals surface area contributed by atoms with Gasteiger partial charge in [0.1, 0.15) is 0 Å². The van der Waals surface area contributed by atoms with Gasteiger partial charge in [-0.05, 0) is 19.3 Å². The van der Waals surface area contributed by atoms with Crippen LogP contribution in [-0.2, 0) is 4.79 Å². The summed E-state index contributed by atoms with van der Waals surface area (Å²) < 4.78 is 0. The van der Waals surface area contributed by atoms with Crippen molar-refractivity contribution in [2.45, 2.75) is 51.5 Å². The molecule has 0 saturated heterocycles. The monoisotopic (exact) mass is 256 g/mol. The number of amides is 1. The van der Waals surface area contributed by atoms with E-state index in [2.05, 4.69) is 13.5 Å². The predicted octanol–water partition coefficient (Wildman–Crippen LogP) is 2.64. The molecule has 0 aliphatic rings. The smallest absolute Gasteiger partial charge is 0.223 e. The highest BCUT2D eigenvalue weighted by Crippen LogP contribution is 2.10. The van der Waals surface area contributed by atoms with E-state index in [1.165, 1.54) is 0 Å². The number of nitro groups is 1. The molecule has 5 nitrogen and oxygen atoms in total. The second kappa shape index (κ2) is 10.7. The lowest BCUT2D eigenvalue weighted by molar-refractivity contribution is -0.486. The molecule has 0 fully saturated rings. The number of allylic oxidation sites excluding steroid dienone is 1. The van der Waals surface area contributed by atoms with Gasteiger partial charge in [0.15, 0.2) is 0 Å². The van der Waals surface area contributed by atoms with Crippen LogP contribution < -0.4 is 0 Å². The van der Waals surface area contributed by atoms with Gasteiger partial charge in [0.05, 0.1) is 6.04 Å². The standard InChI is InChI=1S/C13H24N2O3/c1-3-5-7-9-13(11-15(17)18)14(12-16)10-8-6-4-2/h4,12-13H,2-3,5-11H2,1H3. The van der Waals surface area contributed by atoms with Gasteiger partial charge in [-0.1, -0.05) is 32.3 Å². The topological polar surface area (TPSA) is 63.5 Å². The molecule has 0 aliphatic heterocycles. The lowest BCUT2D eigenvalue weighted by Crippen LogP contribution is -2.39. The summed E-state index contributed by atoms with van der Waals surface area (Å²) in [5.74, 6) is 0. The van der Waals surface area contributed by atoms with Gasteiger partial charge in [0, 0.05) is 11.5 Å². The third-order valence-corrected chi connectivity index (χ3v) is 2.93. The third kappa shape index (κ3) is 7.81. The van der Waals surface area contributed by atoms with Crippen molar-refractivity contribution in [3.63, 3.8) is 0 Å². The van der Waals surface area contributed by atoms with Gasteiger partial charge >= 0.3 is 0 Å². The molecule has 0 heterocycles. The second-order valence-electron chi connectivity index (χ2n) is 4.44. The Labute approximate surface area is 109 Å². The quantitative estimate of drug-likeness (QED) is 0.177. The molecule has 0 aromatic heterocycles. The Bertz CT molecular complexity index is 257. The van der Waals surface area contributed by atoms with Crippen LogP contribution in [0.3, 0.4) is 0 Å². The van der Waals surface area contributed by atoms with Crippen molar-refractivity contribution in [1.82, 2.24) is 4.90 Å². The Morgan fingerprint density at radius 2 is 2.11 bits per heavy atom. The van der Waals surface area contributed by atoms with E-state index in [1.807, 2.05) is 0 Å². The van der Waals surface area contributed by atoms with Crippen molar-refractivity contribution in [1.29, 1.82) is 0 Å². The molecule has 0 aromatic carbocycles. The molecule has 18 heavy (non-hydrogen) atoms. The summed E-state index contributed by atoms with van der Waals surface area (Å²) >= 11 is 0. The summed E-state index contributed by atoms with van der Waals surface area (Å²) in [6.07, 6.45) is 7.93. The van der Waals surface area contributed by atoms with E-state index in [0.717, 1.165) is 38.5 Å². The number of carbonyl (C=O) groups is 1. The third-order valence-electron chi connectivity index (χ3n) is 2.93. The summed E-state index contributed by atoms with van der Waals surface area (Å²) in [6, 6.07) is -0.270. The van der Waals surface area contributed by atoms with Crippen LogP contribution in [0.25, 0.3) is 0 Å². The normalized spacial score (nSPS) is 11.8. The van der Waals surface area contributed by atoms with Crippen molar-refractivity contribution >= 4 is 6.41 Å². The first-order valence-corrected chi connectivity index (χ1v) is 6.59. The van der Waals surface area contributed by atoms with Crippen LogP contribution in [0.2, 0.25) is 0 Å². The van der Waals surface area contributed by atoms with E-state index >= 15 is 0 Å². The van der Waals surface area contributed by atoms with Gasteiger partial charge in [-0.25, -0.2) is 0 Å². The van der Waals surface area contributed by atoms with Gasteiger partial charge in [0.2, 0.25) is 13.0 Å². The Morgan fingerprint density at radius 3 is 2.61 bits per heavy atom. The van der Waals surface area contributed by atoms with Crippen LogP contribution in [0.15, 0.2) is 12.7 Å². The minimum atomic E-state index is -0.333. The first-order chi connectivity index (χ1) is 8.65. The maximum atomic E-state index is 11.0. The van der Waals surface area contributed by atoms with Crippen molar-refractivity contribution in [2.75, 3.05) is 13.1 Å². The highest BCUT2D eigenvalue weighted by molar-refractivity contribution is 5.47. The summed E-state index contributed by atoms with van der Waals surface area (Å²) in [5.41, 5.74) is 0. The number of hydrogen-bond acceptors (Lipinski definition) is 3. The zero-order chi connectivity index (χ0) is 13.8. The molecule has 0 rings (SSSR count). The van der Waals surface area contributed by atoms with E-state index in [9.17, 15) is 14.9 Å². The van der Waals surface area contributed by atoms with Crippen molar-refractivity contribution in [2.24, 2.45) is 0 Å².